The Morgan fingerprint density at radius 1 is 1.23 bits per heavy atom. The van der Waals surface area contributed by atoms with Crippen molar-refractivity contribution in [3.63, 3.8) is 0 Å². The zero-order valence-corrected chi connectivity index (χ0v) is 18.0. The Hall–Kier alpha value is -2.18. The Morgan fingerprint density at radius 3 is 2.70 bits per heavy atom. The number of hydrogen-bond acceptors (Lipinski definition) is 5. The SMILES string of the molecule is CO/N=C/C=C(\C)c1ccc(Cc2cc(C3CC(O)CC(CO)O3)ccc2Cl)cc1. The van der Waals surface area contributed by atoms with Crippen molar-refractivity contribution in [1.82, 2.24) is 0 Å². The highest BCUT2D eigenvalue weighted by atomic mass is 35.5. The van der Waals surface area contributed by atoms with Crippen LogP contribution in [0.5, 0.6) is 0 Å². The first-order valence-electron chi connectivity index (χ1n) is 10.1. The Labute approximate surface area is 182 Å². The summed E-state index contributed by atoms with van der Waals surface area (Å²) < 4.78 is 5.94. The minimum atomic E-state index is -0.474. The molecule has 0 amide bonds. The third-order valence-corrected chi connectivity index (χ3v) is 5.69. The van der Waals surface area contributed by atoms with Gasteiger partial charge in [-0.15, -0.1) is 0 Å². The fourth-order valence-electron chi connectivity index (χ4n) is 3.66. The zero-order chi connectivity index (χ0) is 21.5. The maximum absolute atomic E-state index is 10.1. The first-order chi connectivity index (χ1) is 14.5. The van der Waals surface area contributed by atoms with E-state index in [0.717, 1.165) is 27.8 Å². The Morgan fingerprint density at radius 2 is 2.00 bits per heavy atom. The third-order valence-electron chi connectivity index (χ3n) is 5.32. The van der Waals surface area contributed by atoms with Gasteiger partial charge in [-0.3, -0.25) is 0 Å². The van der Waals surface area contributed by atoms with E-state index >= 15 is 0 Å². The molecule has 0 aliphatic carbocycles. The molecule has 2 aromatic carbocycles. The lowest BCUT2D eigenvalue weighted by atomic mass is 9.93. The van der Waals surface area contributed by atoms with Gasteiger partial charge in [-0.2, -0.15) is 0 Å². The second-order valence-corrected chi connectivity index (χ2v) is 7.97. The lowest BCUT2D eigenvalue weighted by Gasteiger charge is -2.32. The summed E-state index contributed by atoms with van der Waals surface area (Å²) in [6.45, 7) is 1.93. The minimum absolute atomic E-state index is 0.0917. The van der Waals surface area contributed by atoms with Crippen LogP contribution in [0.1, 0.15) is 48.1 Å². The molecular weight excluding hydrogens is 402 g/mol. The van der Waals surface area contributed by atoms with Gasteiger partial charge in [0, 0.05) is 17.9 Å². The van der Waals surface area contributed by atoms with Crippen molar-refractivity contribution in [1.29, 1.82) is 0 Å². The number of benzene rings is 2. The van der Waals surface area contributed by atoms with E-state index in [4.69, 9.17) is 16.3 Å². The zero-order valence-electron chi connectivity index (χ0n) is 17.3. The van der Waals surface area contributed by atoms with Crippen molar-refractivity contribution in [3.05, 3.63) is 75.8 Å². The van der Waals surface area contributed by atoms with Crippen molar-refractivity contribution in [2.24, 2.45) is 5.16 Å². The molecule has 3 atom stereocenters. The molecule has 160 valence electrons. The van der Waals surface area contributed by atoms with Crippen LogP contribution in [0.25, 0.3) is 5.57 Å². The number of aliphatic hydroxyl groups excluding tert-OH is 2. The van der Waals surface area contributed by atoms with Gasteiger partial charge in [0.15, 0.2) is 0 Å². The van der Waals surface area contributed by atoms with E-state index in [0.29, 0.717) is 24.3 Å². The van der Waals surface area contributed by atoms with E-state index in [9.17, 15) is 10.2 Å². The highest BCUT2D eigenvalue weighted by Gasteiger charge is 2.29. The van der Waals surface area contributed by atoms with Crippen LogP contribution < -0.4 is 0 Å². The monoisotopic (exact) mass is 429 g/mol. The maximum Gasteiger partial charge on any atom is 0.106 e. The van der Waals surface area contributed by atoms with Gasteiger partial charge in [-0.05, 0) is 53.3 Å². The number of ether oxygens (including phenoxy) is 1. The molecule has 0 radical (unpaired) electrons. The highest BCUT2D eigenvalue weighted by molar-refractivity contribution is 6.31. The summed E-state index contributed by atoms with van der Waals surface area (Å²) in [5, 5.41) is 23.9. The fourth-order valence-corrected chi connectivity index (χ4v) is 3.84. The number of hydrogen-bond donors (Lipinski definition) is 2. The molecule has 0 aromatic heterocycles. The van der Waals surface area contributed by atoms with Gasteiger partial charge in [0.2, 0.25) is 0 Å². The summed E-state index contributed by atoms with van der Waals surface area (Å²) in [4.78, 5) is 4.67. The average Bonchev–Trinajstić information content (AvgIpc) is 2.75. The second-order valence-electron chi connectivity index (χ2n) is 7.57. The Bertz CT molecular complexity index is 895. The molecule has 0 bridgehead atoms. The molecule has 5 nitrogen and oxygen atoms in total. The smallest absolute Gasteiger partial charge is 0.106 e. The summed E-state index contributed by atoms with van der Waals surface area (Å²) in [7, 11) is 1.52. The number of allylic oxidation sites excluding steroid dienone is 2. The largest absolute Gasteiger partial charge is 0.399 e. The van der Waals surface area contributed by atoms with Crippen LogP contribution in [0.3, 0.4) is 0 Å². The molecule has 3 rings (SSSR count). The van der Waals surface area contributed by atoms with Crippen molar-refractivity contribution in [2.75, 3.05) is 13.7 Å². The summed E-state index contributed by atoms with van der Waals surface area (Å²) in [5.41, 5.74) is 5.33. The molecule has 30 heavy (non-hydrogen) atoms. The predicted molar refractivity (Wildman–Crippen MR) is 120 cm³/mol. The van der Waals surface area contributed by atoms with Crippen molar-refractivity contribution >= 4 is 23.4 Å². The molecular formula is C24H28ClNO4. The van der Waals surface area contributed by atoms with Crippen LogP contribution in [0.15, 0.2) is 53.7 Å². The van der Waals surface area contributed by atoms with Gasteiger partial charge in [0.25, 0.3) is 0 Å². The highest BCUT2D eigenvalue weighted by Crippen LogP contribution is 2.33. The average molecular weight is 430 g/mol. The van der Waals surface area contributed by atoms with Gasteiger partial charge >= 0.3 is 0 Å². The summed E-state index contributed by atoms with van der Waals surface area (Å²) in [6, 6.07) is 14.2. The van der Waals surface area contributed by atoms with Gasteiger partial charge in [-0.1, -0.05) is 53.2 Å². The van der Waals surface area contributed by atoms with E-state index in [1.165, 1.54) is 7.11 Å². The van der Waals surface area contributed by atoms with Gasteiger partial charge in [-0.25, -0.2) is 0 Å². The van der Waals surface area contributed by atoms with E-state index < -0.39 is 6.10 Å². The first-order valence-corrected chi connectivity index (χ1v) is 10.4. The summed E-state index contributed by atoms with van der Waals surface area (Å²) in [6.07, 6.45) is 4.14. The molecule has 3 unspecified atom stereocenters. The Balaban J connectivity index is 1.74. The minimum Gasteiger partial charge on any atom is -0.399 e. The number of halogens is 1. The third kappa shape index (κ3) is 5.92. The molecule has 1 fully saturated rings. The lowest BCUT2D eigenvalue weighted by Crippen LogP contribution is -2.33. The van der Waals surface area contributed by atoms with E-state index in [-0.39, 0.29) is 18.8 Å². The number of rotatable bonds is 7. The summed E-state index contributed by atoms with van der Waals surface area (Å²) in [5.74, 6) is 0. The molecule has 1 saturated heterocycles. The van der Waals surface area contributed by atoms with Gasteiger partial charge in [0.1, 0.15) is 7.11 Å². The van der Waals surface area contributed by atoms with Crippen LogP contribution in [0.2, 0.25) is 5.02 Å². The molecule has 6 heteroatoms. The summed E-state index contributed by atoms with van der Waals surface area (Å²) >= 11 is 6.46. The van der Waals surface area contributed by atoms with Crippen LogP contribution in [-0.2, 0) is 16.0 Å². The molecule has 1 aliphatic rings. The quantitative estimate of drug-likeness (QED) is 0.500. The van der Waals surface area contributed by atoms with Crippen molar-refractivity contribution < 1.29 is 19.8 Å². The normalized spacial score (nSPS) is 22.4. The number of aliphatic hydroxyl groups is 2. The fraction of sp³-hybridized carbons (Fsp3) is 0.375. The topological polar surface area (TPSA) is 71.3 Å². The van der Waals surface area contributed by atoms with E-state index in [2.05, 4.69) is 34.3 Å². The van der Waals surface area contributed by atoms with Crippen LogP contribution in [0.4, 0.5) is 0 Å². The van der Waals surface area contributed by atoms with Gasteiger partial charge < -0.3 is 19.8 Å². The Kier molecular flexibility index (Phi) is 8.05. The lowest BCUT2D eigenvalue weighted by molar-refractivity contribution is -0.113. The molecule has 0 saturated carbocycles. The van der Waals surface area contributed by atoms with E-state index in [1.54, 1.807) is 6.21 Å². The predicted octanol–water partition coefficient (Wildman–Crippen LogP) is 4.54. The van der Waals surface area contributed by atoms with Crippen molar-refractivity contribution in [3.8, 4) is 0 Å². The van der Waals surface area contributed by atoms with Crippen LogP contribution in [-0.4, -0.2) is 42.4 Å². The standard InChI is InChI=1S/C24H28ClNO4/c1-16(9-10-26-29-2)18-5-3-17(4-6-18)11-20-12-19(7-8-23(20)25)24-14-21(28)13-22(15-27)30-24/h3-10,12,21-22,24,27-28H,11,13-15H2,1-2H3/b16-9+,26-10+. The molecule has 2 N–H and O–H groups in total. The number of oxime groups is 1. The van der Waals surface area contributed by atoms with Crippen LogP contribution >= 0.6 is 11.6 Å². The van der Waals surface area contributed by atoms with E-state index in [1.807, 2.05) is 31.2 Å². The molecule has 1 aliphatic heterocycles. The molecule has 1 heterocycles. The van der Waals surface area contributed by atoms with Crippen LogP contribution in [0, 0.1) is 0 Å². The second kappa shape index (κ2) is 10.7. The van der Waals surface area contributed by atoms with Crippen molar-refractivity contribution in [2.45, 2.75) is 44.5 Å². The first kappa shape index (κ1) is 22.5. The molecule has 2 aromatic rings. The van der Waals surface area contributed by atoms with Gasteiger partial charge in [0.05, 0.1) is 31.1 Å². The number of nitrogens with zero attached hydrogens (tertiary/aromatic N) is 1. The molecule has 0 spiro atoms. The maximum atomic E-state index is 10.1.